The number of aliphatic hydroxyl groups is 4. The van der Waals surface area contributed by atoms with E-state index in [0.29, 0.717) is 16.9 Å². The van der Waals surface area contributed by atoms with E-state index in [0.717, 1.165) is 0 Å². The van der Waals surface area contributed by atoms with Gasteiger partial charge < -0.3 is 58.7 Å². The maximum Gasteiger partial charge on any atom is 0.310 e. The van der Waals surface area contributed by atoms with Crippen molar-refractivity contribution in [2.75, 3.05) is 34.5 Å². The van der Waals surface area contributed by atoms with Crippen molar-refractivity contribution in [3.63, 3.8) is 0 Å². The van der Waals surface area contributed by atoms with E-state index in [-0.39, 0.29) is 29.4 Å². The number of hydrogen-bond donors (Lipinski definition) is 5. The standard InChI is InChI=1S/C33H36O13/c1-40-19-11-9-18(10-12-19)33-26(17-7-5-4-6-8-17)25(29(37)38)28(36)32(33,39)27-22(41-2)13-20(14-23(27)46-33)44-31-30(42-3)43-16-24(45-31)21(35)15-34/h4-14,21,24-26,28,30-31,34-36,39H,15-16H2,1-3H3,(H,37,38)/t21?,24-,25?,26?,28+,30-,31-,32?,33?/m1/s1. The molecule has 0 amide bonds. The van der Waals surface area contributed by atoms with Gasteiger partial charge in [0.2, 0.25) is 6.29 Å². The number of ether oxygens (including phenoxy) is 7. The van der Waals surface area contributed by atoms with Crippen molar-refractivity contribution >= 4 is 5.97 Å². The van der Waals surface area contributed by atoms with E-state index in [1.807, 2.05) is 0 Å². The van der Waals surface area contributed by atoms with Gasteiger partial charge in [0, 0.05) is 25.2 Å². The van der Waals surface area contributed by atoms with E-state index in [1.165, 1.54) is 33.5 Å². The van der Waals surface area contributed by atoms with E-state index in [9.17, 15) is 30.3 Å². The molecule has 13 heteroatoms. The van der Waals surface area contributed by atoms with Gasteiger partial charge in [-0.15, -0.1) is 0 Å². The number of hydrogen-bond acceptors (Lipinski definition) is 12. The minimum absolute atomic E-state index is 0.0352. The Balaban J connectivity index is 1.52. The molecule has 6 rings (SSSR count). The minimum atomic E-state index is -2.33. The Bertz CT molecular complexity index is 1550. The molecule has 1 aliphatic carbocycles. The molecular formula is C33H36O13. The zero-order valence-electron chi connectivity index (χ0n) is 25.3. The van der Waals surface area contributed by atoms with Crippen LogP contribution in [0.15, 0.2) is 66.7 Å². The smallest absolute Gasteiger partial charge is 0.310 e. The van der Waals surface area contributed by atoms with Gasteiger partial charge in [-0.05, 0) is 23.3 Å². The second kappa shape index (κ2) is 12.3. The van der Waals surface area contributed by atoms with Gasteiger partial charge in [-0.3, -0.25) is 4.79 Å². The van der Waals surface area contributed by atoms with Gasteiger partial charge in [-0.25, -0.2) is 0 Å². The molecule has 246 valence electrons. The van der Waals surface area contributed by atoms with E-state index in [1.54, 1.807) is 54.6 Å². The van der Waals surface area contributed by atoms with Crippen molar-refractivity contribution < 1.29 is 63.5 Å². The Kier molecular flexibility index (Phi) is 8.59. The van der Waals surface area contributed by atoms with Crippen molar-refractivity contribution in [2.24, 2.45) is 5.92 Å². The number of aliphatic carboxylic acids is 1. The van der Waals surface area contributed by atoms with Crippen LogP contribution in [0.5, 0.6) is 23.0 Å². The first-order chi connectivity index (χ1) is 22.1. The highest BCUT2D eigenvalue weighted by atomic mass is 16.8. The zero-order chi connectivity index (χ0) is 32.8. The molecule has 2 heterocycles. The van der Waals surface area contributed by atoms with E-state index in [4.69, 9.17) is 33.2 Å². The van der Waals surface area contributed by atoms with Gasteiger partial charge in [-0.2, -0.15) is 0 Å². The van der Waals surface area contributed by atoms with Crippen molar-refractivity contribution in [2.45, 2.75) is 48.0 Å². The fraction of sp³-hybridized carbons (Fsp3) is 0.424. The average molecular weight is 641 g/mol. The summed E-state index contributed by atoms with van der Waals surface area (Å²) in [6, 6.07) is 18.3. The summed E-state index contributed by atoms with van der Waals surface area (Å²) in [4.78, 5) is 12.9. The molecule has 5 N–H and O–H groups in total. The highest BCUT2D eigenvalue weighted by Gasteiger charge is 2.78. The summed E-state index contributed by atoms with van der Waals surface area (Å²) in [6.07, 6.45) is -6.21. The molecule has 1 saturated heterocycles. The van der Waals surface area contributed by atoms with Crippen LogP contribution in [0.1, 0.15) is 22.6 Å². The van der Waals surface area contributed by atoms with Crippen LogP contribution in [0.3, 0.4) is 0 Å². The Hall–Kier alpha value is -3.95. The van der Waals surface area contributed by atoms with E-state index >= 15 is 0 Å². The first-order valence-electron chi connectivity index (χ1n) is 14.6. The SMILES string of the molecule is COc1ccc(C23Oc4cc(O[C@@H]5O[C@@H](C(O)CO)CO[C@H]5OC)cc(OC)c4C2(O)[C@@H](O)C(C(=O)O)C3c2ccccc2)cc1. The third-order valence-corrected chi connectivity index (χ3v) is 9.06. The number of methoxy groups -OCH3 is 3. The third kappa shape index (κ3) is 4.78. The van der Waals surface area contributed by atoms with Gasteiger partial charge in [0.25, 0.3) is 6.29 Å². The van der Waals surface area contributed by atoms with Gasteiger partial charge in [-0.1, -0.05) is 42.5 Å². The zero-order valence-corrected chi connectivity index (χ0v) is 25.3. The van der Waals surface area contributed by atoms with Crippen LogP contribution in [0.2, 0.25) is 0 Å². The second-order valence-electron chi connectivity index (χ2n) is 11.4. The maximum atomic E-state index is 12.9. The lowest BCUT2D eigenvalue weighted by Crippen LogP contribution is -2.52. The summed E-state index contributed by atoms with van der Waals surface area (Å²) >= 11 is 0. The Labute approximate surface area is 264 Å². The van der Waals surface area contributed by atoms with Crippen LogP contribution in [-0.4, -0.2) is 96.9 Å². The fourth-order valence-electron chi connectivity index (χ4n) is 6.99. The topological polar surface area (TPSA) is 183 Å². The number of carboxylic acid groups (broad SMARTS) is 1. The molecule has 13 nitrogen and oxygen atoms in total. The van der Waals surface area contributed by atoms with Gasteiger partial charge in [0.05, 0.1) is 38.9 Å². The molecule has 46 heavy (non-hydrogen) atoms. The quantitative estimate of drug-likeness (QED) is 0.215. The van der Waals surface area contributed by atoms with Gasteiger partial charge in [0.15, 0.2) is 11.2 Å². The number of rotatable bonds is 10. The largest absolute Gasteiger partial charge is 0.497 e. The van der Waals surface area contributed by atoms with E-state index in [2.05, 4.69) is 0 Å². The molecule has 3 aromatic carbocycles. The highest BCUT2D eigenvalue weighted by Crippen LogP contribution is 2.70. The Morgan fingerprint density at radius 2 is 1.72 bits per heavy atom. The molecule has 0 aromatic heterocycles. The summed E-state index contributed by atoms with van der Waals surface area (Å²) in [5.41, 5.74) is -3.26. The number of aliphatic hydroxyl groups excluding tert-OH is 3. The third-order valence-electron chi connectivity index (χ3n) is 9.06. The molecule has 2 fully saturated rings. The molecule has 0 spiro atoms. The molecule has 1 saturated carbocycles. The van der Waals surface area contributed by atoms with Gasteiger partial charge >= 0.3 is 5.97 Å². The normalized spacial score (nSPS) is 32.2. The summed E-state index contributed by atoms with van der Waals surface area (Å²) in [5, 5.41) is 54.8. The first kappa shape index (κ1) is 32.0. The lowest BCUT2D eigenvalue weighted by molar-refractivity contribution is -0.324. The van der Waals surface area contributed by atoms with Crippen molar-refractivity contribution in [1.29, 1.82) is 0 Å². The summed E-state index contributed by atoms with van der Waals surface area (Å²) in [6.45, 7) is -0.620. The van der Waals surface area contributed by atoms with Crippen molar-refractivity contribution in [3.8, 4) is 23.0 Å². The van der Waals surface area contributed by atoms with Crippen molar-refractivity contribution in [1.82, 2.24) is 0 Å². The average Bonchev–Trinajstić information content (AvgIpc) is 3.46. The van der Waals surface area contributed by atoms with Crippen LogP contribution in [0, 0.1) is 5.92 Å². The van der Waals surface area contributed by atoms with Crippen molar-refractivity contribution in [3.05, 3.63) is 83.4 Å². The number of carbonyl (C=O) groups is 1. The summed E-state index contributed by atoms with van der Waals surface area (Å²) in [5.74, 6) is -3.15. The predicted octanol–water partition coefficient (Wildman–Crippen LogP) is 1.48. The first-order valence-corrected chi connectivity index (χ1v) is 14.6. The predicted molar refractivity (Wildman–Crippen MR) is 158 cm³/mol. The van der Waals surface area contributed by atoms with E-state index < -0.39 is 66.5 Å². The number of carboxylic acids is 1. The molecule has 5 unspecified atom stereocenters. The molecule has 0 bridgehead atoms. The second-order valence-corrected chi connectivity index (χ2v) is 11.4. The maximum absolute atomic E-state index is 12.9. The van der Waals surface area contributed by atoms with Crippen LogP contribution in [-0.2, 0) is 30.2 Å². The Morgan fingerprint density at radius 1 is 1.00 bits per heavy atom. The number of fused-ring (bicyclic) bond motifs is 3. The molecule has 9 atom stereocenters. The van der Waals surface area contributed by atoms with Crippen LogP contribution < -0.4 is 18.9 Å². The molecular weight excluding hydrogens is 604 g/mol. The lowest BCUT2D eigenvalue weighted by Gasteiger charge is -2.40. The summed E-state index contributed by atoms with van der Waals surface area (Å²) < 4.78 is 40.7. The molecule has 2 aliphatic heterocycles. The van der Waals surface area contributed by atoms with Crippen LogP contribution >= 0.6 is 0 Å². The molecule has 3 aromatic rings. The summed E-state index contributed by atoms with van der Waals surface area (Å²) in [7, 11) is 4.25. The fourth-order valence-corrected chi connectivity index (χ4v) is 6.99. The van der Waals surface area contributed by atoms with Crippen LogP contribution in [0.4, 0.5) is 0 Å². The molecule has 0 radical (unpaired) electrons. The Morgan fingerprint density at radius 3 is 2.33 bits per heavy atom. The minimum Gasteiger partial charge on any atom is -0.497 e. The number of benzene rings is 3. The van der Waals surface area contributed by atoms with Gasteiger partial charge in [0.1, 0.15) is 41.3 Å². The lowest BCUT2D eigenvalue weighted by atomic mass is 9.70. The van der Waals surface area contributed by atoms with Crippen LogP contribution in [0.25, 0.3) is 0 Å². The highest BCUT2D eigenvalue weighted by molar-refractivity contribution is 5.77. The molecule has 3 aliphatic rings. The monoisotopic (exact) mass is 640 g/mol.